The molecule has 0 aliphatic heterocycles. The first-order valence-corrected chi connectivity index (χ1v) is 6.86. The Balaban J connectivity index is 2.08. The molecule has 0 aliphatic rings. The van der Waals surface area contributed by atoms with E-state index >= 15 is 0 Å². The van der Waals surface area contributed by atoms with E-state index in [1.807, 2.05) is 0 Å². The van der Waals surface area contributed by atoms with E-state index < -0.39 is 5.82 Å². The van der Waals surface area contributed by atoms with Gasteiger partial charge in [-0.2, -0.15) is 0 Å². The van der Waals surface area contributed by atoms with Crippen LogP contribution in [0, 0.1) is 5.82 Å². The highest BCUT2D eigenvalue weighted by Gasteiger charge is 2.11. The minimum Gasteiger partial charge on any atom is -0.308 e. The number of aromatic nitrogens is 2. The number of nitrogens with zero attached hydrogens (tertiary/aromatic N) is 2. The van der Waals surface area contributed by atoms with Gasteiger partial charge in [0, 0.05) is 0 Å². The van der Waals surface area contributed by atoms with Crippen molar-refractivity contribution in [2.75, 3.05) is 5.32 Å². The van der Waals surface area contributed by atoms with Gasteiger partial charge in [0.25, 0.3) is 0 Å². The highest BCUT2D eigenvalue weighted by Crippen LogP contribution is 2.19. The summed E-state index contributed by atoms with van der Waals surface area (Å²) in [4.78, 5) is 19.8. The van der Waals surface area contributed by atoms with Crippen molar-refractivity contribution in [1.82, 2.24) is 9.97 Å². The SMILES string of the molecule is O=C(Cc1ccccc1F)Nc1ncc(Br)nc1Br. The molecular weight excluding hydrogens is 381 g/mol. The van der Waals surface area contributed by atoms with Crippen molar-refractivity contribution in [3.63, 3.8) is 0 Å². The minimum atomic E-state index is -0.404. The lowest BCUT2D eigenvalue weighted by Gasteiger charge is -2.06. The Labute approximate surface area is 125 Å². The number of anilines is 1. The van der Waals surface area contributed by atoms with Crippen LogP contribution in [-0.4, -0.2) is 15.9 Å². The Morgan fingerprint density at radius 1 is 1.32 bits per heavy atom. The maximum absolute atomic E-state index is 13.4. The average molecular weight is 389 g/mol. The summed E-state index contributed by atoms with van der Waals surface area (Å²) in [6.45, 7) is 0. The molecule has 1 heterocycles. The smallest absolute Gasteiger partial charge is 0.230 e. The number of nitrogens with one attached hydrogen (secondary N) is 1. The van der Waals surface area contributed by atoms with Crippen molar-refractivity contribution in [1.29, 1.82) is 0 Å². The molecule has 4 nitrogen and oxygen atoms in total. The number of hydrogen-bond acceptors (Lipinski definition) is 3. The second-order valence-corrected chi connectivity index (χ2v) is 5.21. The summed E-state index contributed by atoms with van der Waals surface area (Å²) in [5, 5.41) is 2.57. The van der Waals surface area contributed by atoms with E-state index in [0.717, 1.165) is 0 Å². The first-order chi connectivity index (χ1) is 9.06. The van der Waals surface area contributed by atoms with Gasteiger partial charge < -0.3 is 5.32 Å². The van der Waals surface area contributed by atoms with Crippen LogP contribution in [0.4, 0.5) is 10.2 Å². The predicted octanol–water partition coefficient (Wildman–Crippen LogP) is 3.32. The zero-order valence-corrected chi connectivity index (χ0v) is 12.7. The fourth-order valence-electron chi connectivity index (χ4n) is 1.42. The van der Waals surface area contributed by atoms with Crippen LogP contribution in [0.1, 0.15) is 5.56 Å². The molecule has 0 unspecified atom stereocenters. The molecule has 0 fully saturated rings. The summed E-state index contributed by atoms with van der Waals surface area (Å²) < 4.78 is 14.4. The molecule has 7 heteroatoms. The standard InChI is InChI=1S/C12H8Br2FN3O/c13-9-6-16-12(11(14)17-9)18-10(19)5-7-3-1-2-4-8(7)15/h1-4,6H,5H2,(H,16,18,19). The van der Waals surface area contributed by atoms with Gasteiger partial charge >= 0.3 is 0 Å². The van der Waals surface area contributed by atoms with Gasteiger partial charge in [0.1, 0.15) is 15.0 Å². The van der Waals surface area contributed by atoms with E-state index in [9.17, 15) is 9.18 Å². The van der Waals surface area contributed by atoms with Crippen LogP contribution < -0.4 is 5.32 Å². The van der Waals surface area contributed by atoms with Crippen LogP contribution in [0.5, 0.6) is 0 Å². The predicted molar refractivity (Wildman–Crippen MR) is 76.2 cm³/mol. The van der Waals surface area contributed by atoms with E-state index in [1.165, 1.54) is 12.3 Å². The normalized spacial score (nSPS) is 10.3. The second-order valence-electron chi connectivity index (χ2n) is 3.65. The molecule has 1 aromatic carbocycles. The number of hydrogen-bond donors (Lipinski definition) is 1. The number of rotatable bonds is 3. The molecule has 0 spiro atoms. The minimum absolute atomic E-state index is 0.0587. The number of carbonyl (C=O) groups is 1. The van der Waals surface area contributed by atoms with Crippen molar-refractivity contribution in [2.24, 2.45) is 0 Å². The topological polar surface area (TPSA) is 54.9 Å². The Bertz CT molecular complexity index is 622. The lowest BCUT2D eigenvalue weighted by Crippen LogP contribution is -2.16. The molecule has 0 saturated carbocycles. The average Bonchev–Trinajstić information content (AvgIpc) is 2.36. The first-order valence-electron chi connectivity index (χ1n) is 5.27. The molecule has 0 atom stereocenters. The molecule has 2 rings (SSSR count). The summed E-state index contributed by atoms with van der Waals surface area (Å²) in [5.74, 6) is -0.467. The molecule has 0 saturated heterocycles. The van der Waals surface area contributed by atoms with Crippen molar-refractivity contribution in [3.8, 4) is 0 Å². The summed E-state index contributed by atoms with van der Waals surface area (Å²) in [6.07, 6.45) is 1.40. The van der Waals surface area contributed by atoms with Gasteiger partial charge in [-0.1, -0.05) is 18.2 Å². The van der Waals surface area contributed by atoms with Gasteiger partial charge in [0.05, 0.1) is 12.6 Å². The molecule has 1 amide bonds. The second kappa shape index (κ2) is 6.21. The van der Waals surface area contributed by atoms with Crippen molar-refractivity contribution < 1.29 is 9.18 Å². The highest BCUT2D eigenvalue weighted by atomic mass is 79.9. The van der Waals surface area contributed by atoms with Crippen LogP contribution in [0.3, 0.4) is 0 Å². The first kappa shape index (κ1) is 14.1. The van der Waals surface area contributed by atoms with Crippen LogP contribution >= 0.6 is 31.9 Å². The van der Waals surface area contributed by atoms with Gasteiger partial charge in [-0.3, -0.25) is 4.79 Å². The quantitative estimate of drug-likeness (QED) is 0.877. The van der Waals surface area contributed by atoms with Crippen molar-refractivity contribution in [3.05, 3.63) is 51.0 Å². The van der Waals surface area contributed by atoms with E-state index in [0.29, 0.717) is 20.6 Å². The monoisotopic (exact) mass is 387 g/mol. The summed E-state index contributed by atoms with van der Waals surface area (Å²) in [6, 6.07) is 6.14. The number of carbonyl (C=O) groups excluding carboxylic acids is 1. The highest BCUT2D eigenvalue weighted by molar-refractivity contribution is 9.11. The van der Waals surface area contributed by atoms with Gasteiger partial charge in [-0.15, -0.1) is 0 Å². The molecule has 0 aliphatic carbocycles. The maximum atomic E-state index is 13.4. The zero-order chi connectivity index (χ0) is 13.8. The molecule has 1 N–H and O–H groups in total. The third kappa shape index (κ3) is 3.81. The Morgan fingerprint density at radius 3 is 2.74 bits per heavy atom. The third-order valence-electron chi connectivity index (χ3n) is 2.27. The summed E-state index contributed by atoms with van der Waals surface area (Å²) >= 11 is 6.34. The Kier molecular flexibility index (Phi) is 4.60. The third-order valence-corrected chi connectivity index (χ3v) is 3.20. The summed E-state index contributed by atoms with van der Waals surface area (Å²) in [7, 11) is 0. The van der Waals surface area contributed by atoms with E-state index in [-0.39, 0.29) is 12.3 Å². The molecular formula is C12H8Br2FN3O. The molecule has 19 heavy (non-hydrogen) atoms. The number of benzene rings is 1. The van der Waals surface area contributed by atoms with Crippen molar-refractivity contribution in [2.45, 2.75) is 6.42 Å². The van der Waals surface area contributed by atoms with E-state index in [4.69, 9.17) is 0 Å². The van der Waals surface area contributed by atoms with Gasteiger partial charge in [0.2, 0.25) is 5.91 Å². The number of amides is 1. The van der Waals surface area contributed by atoms with Gasteiger partial charge in [-0.25, -0.2) is 14.4 Å². The Morgan fingerprint density at radius 2 is 2.05 bits per heavy atom. The molecule has 98 valence electrons. The Hall–Kier alpha value is -1.34. The maximum Gasteiger partial charge on any atom is 0.230 e. The molecule has 0 radical (unpaired) electrons. The lowest BCUT2D eigenvalue weighted by molar-refractivity contribution is -0.115. The molecule has 1 aromatic heterocycles. The molecule has 2 aromatic rings. The fraction of sp³-hybridized carbons (Fsp3) is 0.0833. The lowest BCUT2D eigenvalue weighted by atomic mass is 10.1. The zero-order valence-electron chi connectivity index (χ0n) is 9.53. The van der Waals surface area contributed by atoms with Crippen LogP contribution in [0.2, 0.25) is 0 Å². The summed E-state index contributed by atoms with van der Waals surface area (Å²) in [5.41, 5.74) is 0.334. The largest absolute Gasteiger partial charge is 0.308 e. The molecule has 0 bridgehead atoms. The van der Waals surface area contributed by atoms with Gasteiger partial charge in [-0.05, 0) is 43.5 Å². The van der Waals surface area contributed by atoms with Crippen LogP contribution in [-0.2, 0) is 11.2 Å². The van der Waals surface area contributed by atoms with Crippen LogP contribution in [0.15, 0.2) is 39.7 Å². The van der Waals surface area contributed by atoms with Gasteiger partial charge in [0.15, 0.2) is 5.82 Å². The number of halogens is 3. The van der Waals surface area contributed by atoms with E-state index in [1.54, 1.807) is 18.2 Å². The fourth-order valence-corrected chi connectivity index (χ4v) is 2.33. The van der Waals surface area contributed by atoms with E-state index in [2.05, 4.69) is 47.1 Å². The van der Waals surface area contributed by atoms with Crippen molar-refractivity contribution >= 4 is 43.6 Å². The van der Waals surface area contributed by atoms with Crippen LogP contribution in [0.25, 0.3) is 0 Å².